The number of carbonyl (C=O) groups excluding carboxylic acids is 1. The number of aliphatic hydroxyl groups excluding tert-OH is 1. The van der Waals surface area contributed by atoms with Crippen molar-refractivity contribution >= 4 is 12.0 Å². The number of nitrogens with zero attached hydrogens (tertiary/aromatic N) is 1. The van der Waals surface area contributed by atoms with Gasteiger partial charge >= 0.3 is 0 Å². The van der Waals surface area contributed by atoms with E-state index in [-0.39, 0.29) is 11.9 Å². The normalized spacial score (nSPS) is 19.7. The Balaban J connectivity index is 0.000000185. The van der Waals surface area contributed by atoms with Gasteiger partial charge in [-0.05, 0) is 93.4 Å². The van der Waals surface area contributed by atoms with Crippen molar-refractivity contribution in [3.05, 3.63) is 82.6 Å². The maximum Gasteiger partial charge on any atom is 0.160 e. The summed E-state index contributed by atoms with van der Waals surface area (Å²) in [5, 5.41) is 9.03. The zero-order chi connectivity index (χ0) is 24.4. The molecule has 0 bridgehead atoms. The van der Waals surface area contributed by atoms with E-state index in [1.54, 1.807) is 24.3 Å². The molecule has 4 rings (SSSR count). The van der Waals surface area contributed by atoms with Gasteiger partial charge in [0, 0.05) is 17.5 Å². The second-order valence-corrected chi connectivity index (χ2v) is 9.77. The Bertz CT molecular complexity index is 917. The number of Topliss-reactive ketones (excluding diaryl/α,β-unsaturated/α-hetero) is 1. The summed E-state index contributed by atoms with van der Waals surface area (Å²) >= 11 is 0. The molecular weight excluding hydrogens is 406 g/mol. The van der Waals surface area contributed by atoms with Crippen LogP contribution in [0, 0.1) is 18.8 Å². The summed E-state index contributed by atoms with van der Waals surface area (Å²) in [4.78, 5) is 15.4. The Morgan fingerprint density at radius 1 is 0.939 bits per heavy atom. The monoisotopic (exact) mass is 447 g/mol. The van der Waals surface area contributed by atoms with Crippen LogP contribution in [0.25, 0.3) is 0 Å². The molecule has 1 fully saturated rings. The summed E-state index contributed by atoms with van der Waals surface area (Å²) in [6, 6.07) is 14.4. The first-order chi connectivity index (χ1) is 15.7. The molecule has 33 heavy (non-hydrogen) atoms. The maximum atomic E-state index is 11.3. The minimum absolute atomic E-state index is 0.0196. The molecule has 0 amide bonds. The molecule has 2 aliphatic rings. The minimum atomic E-state index is 0.0196. The molecule has 0 heterocycles. The first kappa shape index (κ1) is 26.7. The summed E-state index contributed by atoms with van der Waals surface area (Å²) in [6.07, 6.45) is 8.84. The molecule has 2 aliphatic carbocycles. The molecule has 0 unspecified atom stereocenters. The first-order valence-corrected chi connectivity index (χ1v) is 12.2. The smallest absolute Gasteiger partial charge is 0.160 e. The van der Waals surface area contributed by atoms with Gasteiger partial charge in [-0.1, -0.05) is 62.9 Å². The SMILES string of the molecule is C=C(C)N=Cc1cccc(C(C)=O)c1C.CC1CCC(O)CC1.CC1Cc2ccccc2C1. The van der Waals surface area contributed by atoms with Gasteiger partial charge in [0.15, 0.2) is 5.78 Å². The number of ketones is 1. The van der Waals surface area contributed by atoms with Gasteiger partial charge in [-0.25, -0.2) is 0 Å². The molecule has 3 heteroatoms. The third-order valence-electron chi connectivity index (χ3n) is 6.42. The van der Waals surface area contributed by atoms with Crippen molar-refractivity contribution in [3.63, 3.8) is 0 Å². The number of hydrogen-bond donors (Lipinski definition) is 1. The summed E-state index contributed by atoms with van der Waals surface area (Å²) in [5.41, 5.74) is 6.56. The van der Waals surface area contributed by atoms with E-state index >= 15 is 0 Å². The lowest BCUT2D eigenvalue weighted by Crippen LogP contribution is -2.15. The Kier molecular flexibility index (Phi) is 10.7. The van der Waals surface area contributed by atoms with Gasteiger partial charge in [0.2, 0.25) is 0 Å². The molecule has 1 N–H and O–H groups in total. The molecule has 0 radical (unpaired) electrons. The van der Waals surface area contributed by atoms with E-state index in [4.69, 9.17) is 5.11 Å². The third kappa shape index (κ3) is 9.09. The average Bonchev–Trinajstić information content (AvgIpc) is 3.16. The molecule has 178 valence electrons. The van der Waals surface area contributed by atoms with Crippen molar-refractivity contribution in [2.45, 2.75) is 79.2 Å². The molecule has 1 saturated carbocycles. The zero-order valence-electron chi connectivity index (χ0n) is 21.1. The van der Waals surface area contributed by atoms with E-state index < -0.39 is 0 Å². The quantitative estimate of drug-likeness (QED) is 0.402. The van der Waals surface area contributed by atoms with Crippen LogP contribution >= 0.6 is 0 Å². The summed E-state index contributed by atoms with van der Waals surface area (Å²) < 4.78 is 0. The molecule has 0 aromatic heterocycles. The van der Waals surface area contributed by atoms with Crippen molar-refractivity contribution < 1.29 is 9.90 Å². The number of aliphatic imine (C=N–C) groups is 1. The fourth-order valence-electron chi connectivity index (χ4n) is 4.38. The van der Waals surface area contributed by atoms with E-state index in [9.17, 15) is 4.79 Å². The largest absolute Gasteiger partial charge is 0.393 e. The van der Waals surface area contributed by atoms with Crippen LogP contribution in [0.15, 0.2) is 59.7 Å². The van der Waals surface area contributed by atoms with E-state index in [0.717, 1.165) is 47.1 Å². The summed E-state index contributed by atoms with van der Waals surface area (Å²) in [5.74, 6) is 1.81. The van der Waals surface area contributed by atoms with Gasteiger partial charge in [0.05, 0.1) is 6.10 Å². The van der Waals surface area contributed by atoms with Crippen molar-refractivity contribution in [2.24, 2.45) is 16.8 Å². The minimum Gasteiger partial charge on any atom is -0.393 e. The second kappa shape index (κ2) is 13.3. The number of carbonyl (C=O) groups is 1. The van der Waals surface area contributed by atoms with Crippen LogP contribution in [-0.4, -0.2) is 23.2 Å². The number of benzene rings is 2. The molecule has 0 atom stereocenters. The molecular formula is C30H41NO2. The van der Waals surface area contributed by atoms with E-state index in [2.05, 4.69) is 49.7 Å². The predicted molar refractivity (Wildman–Crippen MR) is 140 cm³/mol. The molecule has 0 spiro atoms. The number of hydrogen-bond acceptors (Lipinski definition) is 3. The zero-order valence-corrected chi connectivity index (χ0v) is 21.1. The lowest BCUT2D eigenvalue weighted by atomic mass is 9.89. The highest BCUT2D eigenvalue weighted by molar-refractivity contribution is 5.98. The lowest BCUT2D eigenvalue weighted by molar-refractivity contribution is 0.101. The van der Waals surface area contributed by atoms with Crippen LogP contribution in [0.3, 0.4) is 0 Å². The maximum absolute atomic E-state index is 11.3. The molecule has 0 aliphatic heterocycles. The van der Waals surface area contributed by atoms with Gasteiger partial charge in [0.25, 0.3) is 0 Å². The Labute approximate surface area is 200 Å². The van der Waals surface area contributed by atoms with Crippen LogP contribution < -0.4 is 0 Å². The molecule has 3 nitrogen and oxygen atoms in total. The van der Waals surface area contributed by atoms with Crippen LogP contribution in [0.4, 0.5) is 0 Å². The highest BCUT2D eigenvalue weighted by atomic mass is 16.3. The topological polar surface area (TPSA) is 49.7 Å². The lowest BCUT2D eigenvalue weighted by Gasteiger charge is -2.21. The number of allylic oxidation sites excluding steroid dienone is 1. The third-order valence-corrected chi connectivity index (χ3v) is 6.42. The molecule has 0 saturated heterocycles. The van der Waals surface area contributed by atoms with Gasteiger partial charge in [-0.3, -0.25) is 9.79 Å². The van der Waals surface area contributed by atoms with Crippen LogP contribution in [0.1, 0.15) is 86.0 Å². The van der Waals surface area contributed by atoms with Crippen LogP contribution in [0.2, 0.25) is 0 Å². The van der Waals surface area contributed by atoms with Crippen molar-refractivity contribution in [2.75, 3.05) is 0 Å². The summed E-state index contributed by atoms with van der Waals surface area (Å²) in [7, 11) is 0. The van der Waals surface area contributed by atoms with Gasteiger partial charge < -0.3 is 5.11 Å². The van der Waals surface area contributed by atoms with Gasteiger partial charge in [-0.2, -0.15) is 0 Å². The first-order valence-electron chi connectivity index (χ1n) is 12.2. The van der Waals surface area contributed by atoms with Gasteiger partial charge in [-0.15, -0.1) is 0 Å². The number of rotatable bonds is 3. The van der Waals surface area contributed by atoms with Gasteiger partial charge in [0.1, 0.15) is 0 Å². The highest BCUT2D eigenvalue weighted by Crippen LogP contribution is 2.25. The van der Waals surface area contributed by atoms with Crippen LogP contribution in [0.5, 0.6) is 0 Å². The van der Waals surface area contributed by atoms with E-state index in [1.807, 2.05) is 32.0 Å². The average molecular weight is 448 g/mol. The number of fused-ring (bicyclic) bond motifs is 1. The predicted octanol–water partition coefficient (Wildman–Crippen LogP) is 7.13. The highest BCUT2D eigenvalue weighted by Gasteiger charge is 2.16. The van der Waals surface area contributed by atoms with Crippen molar-refractivity contribution in [1.29, 1.82) is 0 Å². The Morgan fingerprint density at radius 3 is 2.00 bits per heavy atom. The fraction of sp³-hybridized carbons (Fsp3) is 0.467. The summed E-state index contributed by atoms with van der Waals surface area (Å²) in [6.45, 7) is 13.6. The van der Waals surface area contributed by atoms with E-state index in [0.29, 0.717) is 0 Å². The Morgan fingerprint density at radius 2 is 1.52 bits per heavy atom. The standard InChI is InChI=1S/C13H15NO.C10H12.C7H14O/c1-9(2)14-8-12-6-5-7-13(10(12)3)11(4)15;1-8-6-9-4-2-3-5-10(9)7-8;1-6-2-4-7(8)5-3-6/h5-8H,1H2,2-4H3;2-5,8H,6-7H2,1H3;6-8H,2-5H2,1H3. The van der Waals surface area contributed by atoms with Crippen molar-refractivity contribution in [3.8, 4) is 0 Å². The Hall–Kier alpha value is -2.52. The molecule has 2 aromatic carbocycles. The number of aliphatic hydroxyl groups is 1. The van der Waals surface area contributed by atoms with Crippen LogP contribution in [-0.2, 0) is 12.8 Å². The fourth-order valence-corrected chi connectivity index (χ4v) is 4.38. The van der Waals surface area contributed by atoms with Crippen molar-refractivity contribution in [1.82, 2.24) is 0 Å². The van der Waals surface area contributed by atoms with E-state index in [1.165, 1.54) is 25.7 Å². The molecule has 2 aromatic rings. The second-order valence-electron chi connectivity index (χ2n) is 9.77.